The van der Waals surface area contributed by atoms with Crippen LogP contribution >= 0.6 is 0 Å². The minimum absolute atomic E-state index is 0.0592. The number of hydrogen-bond donors (Lipinski definition) is 2. The summed E-state index contributed by atoms with van der Waals surface area (Å²) in [6.45, 7) is 20.2. The summed E-state index contributed by atoms with van der Waals surface area (Å²) in [4.78, 5) is 23.9. The zero-order valence-electron chi connectivity index (χ0n) is 23.9. The summed E-state index contributed by atoms with van der Waals surface area (Å²) in [7, 11) is 0. The average Bonchev–Trinajstić information content (AvgIpc) is 2.63. The molecule has 34 heavy (non-hydrogen) atoms. The molecule has 0 aliphatic heterocycles. The van der Waals surface area contributed by atoms with Crippen LogP contribution in [0.15, 0.2) is 0 Å². The Morgan fingerprint density at radius 1 is 0.824 bits per heavy atom. The van der Waals surface area contributed by atoms with Crippen LogP contribution in [0.1, 0.15) is 127 Å². The molecule has 2 rings (SSSR count). The standard InChI is InChI=1S/C30H56N2O2/c1-21-16-23(18-24-11-13-26(22(2)17-24)32-28(3,4)5)10-12-25(21)31-27(34)19-30(8,9)20-29(6,7)14-15-33/h15,21-26,32H,10-14,16-20H2,1-9H3,(H,31,34). The Bertz CT molecular complexity index is 663. The quantitative estimate of drug-likeness (QED) is 0.337. The summed E-state index contributed by atoms with van der Waals surface area (Å²) in [6, 6.07) is 0.975. The van der Waals surface area contributed by atoms with Gasteiger partial charge in [0.1, 0.15) is 6.29 Å². The second-order valence-electron chi connectivity index (χ2n) is 14.8. The van der Waals surface area contributed by atoms with Crippen molar-refractivity contribution in [2.75, 3.05) is 0 Å². The van der Waals surface area contributed by atoms with Crippen molar-refractivity contribution in [3.63, 3.8) is 0 Å². The first kappa shape index (κ1) is 29.3. The molecular formula is C30H56N2O2. The number of rotatable bonds is 10. The molecule has 2 saturated carbocycles. The van der Waals surface area contributed by atoms with E-state index in [1.165, 1.54) is 38.5 Å². The SMILES string of the molecule is CC1CC(CC2CCC(NC(C)(C)C)C(C)C2)CCC1NC(=O)CC(C)(C)CC(C)(C)CC=O. The summed E-state index contributed by atoms with van der Waals surface area (Å²) in [5, 5.41) is 7.23. The molecule has 198 valence electrons. The van der Waals surface area contributed by atoms with Crippen molar-refractivity contribution in [2.24, 2.45) is 34.5 Å². The molecule has 0 aromatic carbocycles. The summed E-state index contributed by atoms with van der Waals surface area (Å²) >= 11 is 0. The van der Waals surface area contributed by atoms with Crippen molar-refractivity contribution in [1.82, 2.24) is 10.6 Å². The molecule has 6 unspecified atom stereocenters. The van der Waals surface area contributed by atoms with Gasteiger partial charge in [0.2, 0.25) is 5.91 Å². The molecule has 2 aliphatic rings. The fourth-order valence-electron chi connectivity index (χ4n) is 7.25. The van der Waals surface area contributed by atoms with Crippen LogP contribution in [-0.4, -0.2) is 29.8 Å². The normalized spacial score (nSPS) is 31.2. The van der Waals surface area contributed by atoms with Gasteiger partial charge in [0.15, 0.2) is 0 Å². The first-order valence-corrected chi connectivity index (χ1v) is 14.1. The van der Waals surface area contributed by atoms with Crippen LogP contribution in [-0.2, 0) is 9.59 Å². The van der Waals surface area contributed by atoms with Crippen molar-refractivity contribution in [2.45, 2.75) is 144 Å². The van der Waals surface area contributed by atoms with Gasteiger partial charge in [-0.3, -0.25) is 4.79 Å². The van der Waals surface area contributed by atoms with E-state index in [2.05, 4.69) is 72.9 Å². The van der Waals surface area contributed by atoms with Crippen LogP contribution in [0.5, 0.6) is 0 Å². The van der Waals surface area contributed by atoms with Crippen molar-refractivity contribution in [1.29, 1.82) is 0 Å². The second-order valence-corrected chi connectivity index (χ2v) is 14.8. The maximum absolute atomic E-state index is 12.9. The van der Waals surface area contributed by atoms with Crippen LogP contribution in [0, 0.1) is 34.5 Å². The summed E-state index contributed by atoms with van der Waals surface area (Å²) in [5.74, 6) is 3.17. The van der Waals surface area contributed by atoms with Gasteiger partial charge < -0.3 is 15.4 Å². The third-order valence-corrected chi connectivity index (χ3v) is 8.42. The van der Waals surface area contributed by atoms with Crippen molar-refractivity contribution >= 4 is 12.2 Å². The highest BCUT2D eigenvalue weighted by Crippen LogP contribution is 2.40. The Balaban J connectivity index is 1.77. The Labute approximate surface area is 211 Å². The fraction of sp³-hybridized carbons (Fsp3) is 0.933. The monoisotopic (exact) mass is 476 g/mol. The molecular weight excluding hydrogens is 420 g/mol. The molecule has 0 aromatic rings. The average molecular weight is 477 g/mol. The number of carbonyl (C=O) groups is 2. The second kappa shape index (κ2) is 11.9. The van der Waals surface area contributed by atoms with Crippen LogP contribution < -0.4 is 10.6 Å². The smallest absolute Gasteiger partial charge is 0.220 e. The van der Waals surface area contributed by atoms with Crippen molar-refractivity contribution in [3.8, 4) is 0 Å². The predicted octanol–water partition coefficient (Wildman–Crippen LogP) is 6.91. The minimum atomic E-state index is -0.103. The molecule has 0 spiro atoms. The van der Waals surface area contributed by atoms with E-state index >= 15 is 0 Å². The van der Waals surface area contributed by atoms with Crippen molar-refractivity contribution < 1.29 is 9.59 Å². The minimum Gasteiger partial charge on any atom is -0.353 e. The highest BCUT2D eigenvalue weighted by Gasteiger charge is 2.35. The largest absolute Gasteiger partial charge is 0.353 e. The van der Waals surface area contributed by atoms with E-state index in [9.17, 15) is 9.59 Å². The molecule has 2 aliphatic carbocycles. The maximum atomic E-state index is 12.9. The third kappa shape index (κ3) is 9.99. The first-order valence-electron chi connectivity index (χ1n) is 14.1. The number of nitrogens with one attached hydrogen (secondary N) is 2. The molecule has 0 aromatic heterocycles. The molecule has 0 heterocycles. The van der Waals surface area contributed by atoms with Gasteiger partial charge in [-0.25, -0.2) is 0 Å². The number of hydrogen-bond acceptors (Lipinski definition) is 3. The topological polar surface area (TPSA) is 58.2 Å². The van der Waals surface area contributed by atoms with E-state index in [1.54, 1.807) is 0 Å². The van der Waals surface area contributed by atoms with Crippen LogP contribution in [0.25, 0.3) is 0 Å². The lowest BCUT2D eigenvalue weighted by atomic mass is 9.70. The molecule has 0 saturated heterocycles. The van der Waals surface area contributed by atoms with E-state index in [1.807, 2.05) is 0 Å². The highest BCUT2D eigenvalue weighted by molar-refractivity contribution is 5.77. The zero-order chi connectivity index (χ0) is 25.7. The van der Waals surface area contributed by atoms with E-state index in [4.69, 9.17) is 0 Å². The number of aldehydes is 1. The molecule has 4 nitrogen and oxygen atoms in total. The molecule has 2 N–H and O–H groups in total. The molecule has 0 radical (unpaired) electrons. The predicted molar refractivity (Wildman–Crippen MR) is 144 cm³/mol. The van der Waals surface area contributed by atoms with Crippen LogP contribution in [0.2, 0.25) is 0 Å². The Hall–Kier alpha value is -0.900. The lowest BCUT2D eigenvalue weighted by Gasteiger charge is -2.41. The first-order chi connectivity index (χ1) is 15.6. The summed E-state index contributed by atoms with van der Waals surface area (Å²) in [5.41, 5.74) is 0.0374. The van der Waals surface area contributed by atoms with Crippen LogP contribution in [0.4, 0.5) is 0 Å². The molecule has 6 atom stereocenters. The number of amides is 1. The Kier molecular flexibility index (Phi) is 10.3. The molecule has 2 fully saturated rings. The van der Waals surface area contributed by atoms with Gasteiger partial charge >= 0.3 is 0 Å². The van der Waals surface area contributed by atoms with Gasteiger partial charge in [-0.1, -0.05) is 41.5 Å². The Morgan fingerprint density at radius 2 is 1.35 bits per heavy atom. The molecule has 4 heteroatoms. The van der Waals surface area contributed by atoms with Gasteiger partial charge in [-0.15, -0.1) is 0 Å². The zero-order valence-corrected chi connectivity index (χ0v) is 23.9. The number of carbonyl (C=O) groups excluding carboxylic acids is 2. The van der Waals surface area contributed by atoms with Crippen molar-refractivity contribution in [3.05, 3.63) is 0 Å². The van der Waals surface area contributed by atoms with Crippen LogP contribution in [0.3, 0.4) is 0 Å². The lowest BCUT2D eigenvalue weighted by molar-refractivity contribution is -0.124. The van der Waals surface area contributed by atoms with E-state index in [0.717, 1.165) is 36.9 Å². The molecule has 1 amide bonds. The third-order valence-electron chi connectivity index (χ3n) is 8.42. The van der Waals surface area contributed by atoms with E-state index < -0.39 is 0 Å². The van der Waals surface area contributed by atoms with Gasteiger partial charge in [0.05, 0.1) is 0 Å². The van der Waals surface area contributed by atoms with Gasteiger partial charge in [0.25, 0.3) is 0 Å². The fourth-order valence-corrected chi connectivity index (χ4v) is 7.25. The molecule has 0 bridgehead atoms. The lowest BCUT2D eigenvalue weighted by Crippen LogP contribution is -2.49. The van der Waals surface area contributed by atoms with Gasteiger partial charge in [-0.05, 0) is 107 Å². The maximum Gasteiger partial charge on any atom is 0.220 e. The summed E-state index contributed by atoms with van der Waals surface area (Å²) < 4.78 is 0. The van der Waals surface area contributed by atoms with Gasteiger partial charge in [-0.2, -0.15) is 0 Å². The highest BCUT2D eigenvalue weighted by atomic mass is 16.1. The summed E-state index contributed by atoms with van der Waals surface area (Å²) in [6.07, 6.45) is 12.0. The van der Waals surface area contributed by atoms with Gasteiger partial charge in [0, 0.05) is 30.5 Å². The van der Waals surface area contributed by atoms with E-state index in [-0.39, 0.29) is 22.3 Å². The Morgan fingerprint density at radius 3 is 1.82 bits per heavy atom. The van der Waals surface area contributed by atoms with E-state index in [0.29, 0.717) is 30.8 Å².